The maximum Gasteiger partial charge on any atom is 0.329 e. The molecule has 4 N–H and O–H groups in total. The van der Waals surface area contributed by atoms with Gasteiger partial charge >= 0.3 is 5.97 Å². The molecule has 2 rings (SSSR count). The highest BCUT2D eigenvalue weighted by Gasteiger charge is 2.41. The van der Waals surface area contributed by atoms with E-state index in [1.807, 2.05) is 30.3 Å². The van der Waals surface area contributed by atoms with Gasteiger partial charge in [-0.3, -0.25) is 4.79 Å². The summed E-state index contributed by atoms with van der Waals surface area (Å²) < 4.78 is 0. The van der Waals surface area contributed by atoms with Crippen LogP contribution in [-0.4, -0.2) is 28.6 Å². The first kappa shape index (κ1) is 15.5. The van der Waals surface area contributed by atoms with Gasteiger partial charge in [0, 0.05) is 0 Å². The van der Waals surface area contributed by atoms with Gasteiger partial charge in [-0.05, 0) is 24.8 Å². The molecule has 1 aliphatic carbocycles. The molecule has 1 atom stereocenters. The van der Waals surface area contributed by atoms with Crippen LogP contribution in [0.3, 0.4) is 0 Å². The summed E-state index contributed by atoms with van der Waals surface area (Å²) >= 11 is 0. The number of nitrogens with two attached hydrogens (primary N) is 1. The van der Waals surface area contributed by atoms with E-state index in [1.54, 1.807) is 0 Å². The third kappa shape index (κ3) is 3.82. The quantitative estimate of drug-likeness (QED) is 0.765. The number of carboxylic acid groups (broad SMARTS) is 1. The summed E-state index contributed by atoms with van der Waals surface area (Å²) in [6, 6.07) is 8.75. The molecule has 1 aromatic carbocycles. The van der Waals surface area contributed by atoms with Gasteiger partial charge < -0.3 is 16.2 Å². The van der Waals surface area contributed by atoms with Gasteiger partial charge in [-0.1, -0.05) is 49.6 Å². The molecular formula is C16H22N2O3. The molecular weight excluding hydrogens is 268 g/mol. The lowest BCUT2D eigenvalue weighted by atomic mass is 9.81. The van der Waals surface area contributed by atoms with Crippen molar-refractivity contribution >= 4 is 11.9 Å². The van der Waals surface area contributed by atoms with E-state index in [-0.39, 0.29) is 5.91 Å². The number of nitrogens with one attached hydrogen (secondary N) is 1. The molecule has 1 amide bonds. The molecule has 0 saturated heterocycles. The largest absolute Gasteiger partial charge is 0.480 e. The minimum Gasteiger partial charge on any atom is -0.480 e. The molecule has 0 unspecified atom stereocenters. The van der Waals surface area contributed by atoms with Crippen LogP contribution in [0.5, 0.6) is 0 Å². The van der Waals surface area contributed by atoms with Gasteiger partial charge in [0.25, 0.3) is 0 Å². The van der Waals surface area contributed by atoms with E-state index in [1.165, 1.54) is 0 Å². The maximum absolute atomic E-state index is 12.2. The number of rotatable bonds is 5. The van der Waals surface area contributed by atoms with Gasteiger partial charge in [0.2, 0.25) is 5.91 Å². The summed E-state index contributed by atoms with van der Waals surface area (Å²) in [6.07, 6.45) is 4.02. The Morgan fingerprint density at radius 2 is 1.81 bits per heavy atom. The predicted octanol–water partition coefficient (Wildman–Crippen LogP) is 1.46. The average Bonchev–Trinajstić information content (AvgIpc) is 2.49. The summed E-state index contributed by atoms with van der Waals surface area (Å²) in [5.41, 5.74) is 5.75. The first-order chi connectivity index (χ1) is 10.0. The summed E-state index contributed by atoms with van der Waals surface area (Å²) in [5.74, 6) is -1.34. The highest BCUT2D eigenvalue weighted by atomic mass is 16.4. The molecule has 0 radical (unpaired) electrons. The Hall–Kier alpha value is -1.88. The Bertz CT molecular complexity index is 496. The summed E-state index contributed by atoms with van der Waals surface area (Å²) in [7, 11) is 0. The third-order valence-corrected chi connectivity index (χ3v) is 4.11. The first-order valence-corrected chi connectivity index (χ1v) is 7.38. The third-order valence-electron chi connectivity index (χ3n) is 4.11. The Morgan fingerprint density at radius 3 is 2.38 bits per heavy atom. The van der Waals surface area contributed by atoms with Gasteiger partial charge in [-0.2, -0.15) is 0 Å². The summed E-state index contributed by atoms with van der Waals surface area (Å²) in [5, 5.41) is 12.1. The van der Waals surface area contributed by atoms with Gasteiger partial charge in [-0.15, -0.1) is 0 Å². The molecule has 5 heteroatoms. The monoisotopic (exact) mass is 290 g/mol. The lowest BCUT2D eigenvalue weighted by molar-refractivity contribution is -0.149. The van der Waals surface area contributed by atoms with Crippen molar-refractivity contribution in [2.75, 3.05) is 0 Å². The van der Waals surface area contributed by atoms with Crippen LogP contribution in [0, 0.1) is 0 Å². The standard InChI is InChI=1S/C16H22N2O3/c17-13(11-12-7-3-1-4-8-12)14(19)18-16(15(20)21)9-5-2-6-10-16/h1,3-4,7-8,13H,2,5-6,9-11,17H2,(H,18,19)(H,20,21)/t13-/m0/s1. The van der Waals surface area contributed by atoms with Crippen molar-refractivity contribution in [3.8, 4) is 0 Å². The molecule has 0 spiro atoms. The number of hydrogen-bond donors (Lipinski definition) is 3. The smallest absolute Gasteiger partial charge is 0.329 e. The van der Waals surface area contributed by atoms with Crippen molar-refractivity contribution in [1.82, 2.24) is 5.32 Å². The van der Waals surface area contributed by atoms with Crippen molar-refractivity contribution in [1.29, 1.82) is 0 Å². The van der Waals surface area contributed by atoms with Gasteiger partial charge in [-0.25, -0.2) is 4.79 Å². The minimum atomic E-state index is -1.14. The van der Waals surface area contributed by atoms with Crippen LogP contribution in [0.1, 0.15) is 37.7 Å². The Balaban J connectivity index is 2.00. The highest BCUT2D eigenvalue weighted by Crippen LogP contribution is 2.28. The average molecular weight is 290 g/mol. The fourth-order valence-corrected chi connectivity index (χ4v) is 2.84. The summed E-state index contributed by atoms with van der Waals surface area (Å²) in [4.78, 5) is 23.8. The number of carbonyl (C=O) groups excluding carboxylic acids is 1. The van der Waals surface area contributed by atoms with Crippen LogP contribution in [0.4, 0.5) is 0 Å². The lowest BCUT2D eigenvalue weighted by Crippen LogP contribution is -2.59. The van der Waals surface area contributed by atoms with Crippen LogP contribution in [0.15, 0.2) is 30.3 Å². The van der Waals surface area contributed by atoms with Crippen molar-refractivity contribution in [2.45, 2.75) is 50.1 Å². The second kappa shape index (κ2) is 6.72. The number of amides is 1. The Kier molecular flexibility index (Phi) is 4.96. The van der Waals surface area contributed by atoms with Crippen molar-refractivity contribution in [3.05, 3.63) is 35.9 Å². The van der Waals surface area contributed by atoms with Crippen LogP contribution in [-0.2, 0) is 16.0 Å². The molecule has 1 saturated carbocycles. The van der Waals surface area contributed by atoms with E-state index < -0.39 is 17.6 Å². The van der Waals surface area contributed by atoms with Crippen molar-refractivity contribution < 1.29 is 14.7 Å². The normalized spacial score (nSPS) is 18.7. The van der Waals surface area contributed by atoms with Crippen LogP contribution >= 0.6 is 0 Å². The van der Waals surface area contributed by atoms with Crippen LogP contribution in [0.2, 0.25) is 0 Å². The SMILES string of the molecule is N[C@@H](Cc1ccccc1)C(=O)NC1(C(=O)O)CCCCC1. The molecule has 0 aromatic heterocycles. The van der Waals surface area contributed by atoms with Gasteiger partial charge in [0.05, 0.1) is 6.04 Å². The number of hydrogen-bond acceptors (Lipinski definition) is 3. The van der Waals surface area contributed by atoms with Crippen LogP contribution < -0.4 is 11.1 Å². The molecule has 114 valence electrons. The number of carbonyl (C=O) groups is 2. The van der Waals surface area contributed by atoms with Crippen LogP contribution in [0.25, 0.3) is 0 Å². The lowest BCUT2D eigenvalue weighted by Gasteiger charge is -2.34. The maximum atomic E-state index is 12.2. The van der Waals surface area contributed by atoms with E-state index in [9.17, 15) is 14.7 Å². The predicted molar refractivity (Wildman–Crippen MR) is 79.7 cm³/mol. The van der Waals surface area contributed by atoms with Gasteiger partial charge in [0.1, 0.15) is 5.54 Å². The Labute approximate surface area is 124 Å². The number of aliphatic carboxylic acids is 1. The second-order valence-corrected chi connectivity index (χ2v) is 5.73. The molecule has 1 aliphatic rings. The zero-order valence-corrected chi connectivity index (χ0v) is 12.0. The molecule has 21 heavy (non-hydrogen) atoms. The number of carboxylic acids is 1. The summed E-state index contributed by atoms with van der Waals surface area (Å²) in [6.45, 7) is 0. The zero-order valence-electron chi connectivity index (χ0n) is 12.0. The van der Waals surface area contributed by atoms with E-state index in [2.05, 4.69) is 5.32 Å². The first-order valence-electron chi connectivity index (χ1n) is 7.38. The second-order valence-electron chi connectivity index (χ2n) is 5.73. The molecule has 0 bridgehead atoms. The zero-order chi connectivity index (χ0) is 15.3. The highest BCUT2D eigenvalue weighted by molar-refractivity contribution is 5.89. The van der Waals surface area contributed by atoms with E-state index in [0.29, 0.717) is 19.3 Å². The topological polar surface area (TPSA) is 92.4 Å². The fourth-order valence-electron chi connectivity index (χ4n) is 2.84. The van der Waals surface area contributed by atoms with Gasteiger partial charge in [0.15, 0.2) is 0 Å². The fraction of sp³-hybridized carbons (Fsp3) is 0.500. The van der Waals surface area contributed by atoms with E-state index >= 15 is 0 Å². The molecule has 5 nitrogen and oxygen atoms in total. The molecule has 0 heterocycles. The minimum absolute atomic E-state index is 0.386. The van der Waals surface area contributed by atoms with Crippen molar-refractivity contribution in [2.24, 2.45) is 5.73 Å². The molecule has 1 fully saturated rings. The molecule has 0 aliphatic heterocycles. The molecule has 1 aromatic rings. The Morgan fingerprint density at radius 1 is 1.19 bits per heavy atom. The number of benzene rings is 1. The van der Waals surface area contributed by atoms with Crippen molar-refractivity contribution in [3.63, 3.8) is 0 Å². The van der Waals surface area contributed by atoms with E-state index in [0.717, 1.165) is 24.8 Å². The van der Waals surface area contributed by atoms with E-state index in [4.69, 9.17) is 5.73 Å².